The second-order valence-corrected chi connectivity index (χ2v) is 5.96. The van der Waals surface area contributed by atoms with Gasteiger partial charge in [0.2, 0.25) is 0 Å². The molecule has 0 aliphatic heterocycles. The van der Waals surface area contributed by atoms with Crippen molar-refractivity contribution in [2.75, 3.05) is 11.9 Å². The average molecular weight is 329 g/mol. The van der Waals surface area contributed by atoms with Crippen molar-refractivity contribution in [3.05, 3.63) is 57.8 Å². The molecule has 1 heterocycles. The van der Waals surface area contributed by atoms with Gasteiger partial charge in [0.1, 0.15) is 0 Å². The van der Waals surface area contributed by atoms with Gasteiger partial charge < -0.3 is 10.1 Å². The van der Waals surface area contributed by atoms with Crippen molar-refractivity contribution in [3.63, 3.8) is 0 Å². The number of esters is 1. The second-order valence-electron chi connectivity index (χ2n) is 5.01. The zero-order valence-corrected chi connectivity index (χ0v) is 14.0. The predicted molar refractivity (Wildman–Crippen MR) is 93.5 cm³/mol. The average Bonchev–Trinajstić information content (AvgIpc) is 2.97. The van der Waals surface area contributed by atoms with Gasteiger partial charge in [0, 0.05) is 16.6 Å². The lowest BCUT2D eigenvalue weighted by molar-refractivity contribution is -0.142. The van der Waals surface area contributed by atoms with Crippen LogP contribution in [-0.4, -0.2) is 18.5 Å². The number of ether oxygens (including phenoxy) is 1. The molecule has 1 aromatic heterocycles. The first kappa shape index (κ1) is 17.0. The van der Waals surface area contributed by atoms with Crippen LogP contribution >= 0.6 is 11.3 Å². The highest BCUT2D eigenvalue weighted by Crippen LogP contribution is 2.17. The number of hydrogen-bond acceptors (Lipinski definition) is 4. The van der Waals surface area contributed by atoms with Gasteiger partial charge in [0.15, 0.2) is 6.61 Å². The Kier molecular flexibility index (Phi) is 6.11. The molecule has 0 spiro atoms. The van der Waals surface area contributed by atoms with Gasteiger partial charge in [-0.15, -0.1) is 11.3 Å². The van der Waals surface area contributed by atoms with E-state index < -0.39 is 5.97 Å². The Bertz CT molecular complexity index is 701. The molecule has 1 aromatic carbocycles. The molecule has 0 radical (unpaired) electrons. The monoisotopic (exact) mass is 329 g/mol. The van der Waals surface area contributed by atoms with Crippen molar-refractivity contribution in [1.29, 1.82) is 0 Å². The largest absolute Gasteiger partial charge is 0.452 e. The normalized spacial score (nSPS) is 10.7. The van der Waals surface area contributed by atoms with Crippen LogP contribution < -0.4 is 5.32 Å². The standard InChI is InChI=1S/C18H19NO3S/c1-3-14-4-6-15(7-5-14)19-17(20)12-22-18(21)9-8-16-13(2)10-11-23-16/h4-11H,3,12H2,1-2H3,(H,19,20)/b9-8+. The second kappa shape index (κ2) is 8.29. The SMILES string of the molecule is CCc1ccc(NC(=O)COC(=O)/C=C/c2sccc2C)cc1. The van der Waals surface area contributed by atoms with Gasteiger partial charge in [-0.05, 0) is 54.1 Å². The molecule has 1 amide bonds. The summed E-state index contributed by atoms with van der Waals surface area (Å²) in [4.78, 5) is 24.4. The number of benzene rings is 1. The molecule has 0 bridgehead atoms. The van der Waals surface area contributed by atoms with Crippen LogP contribution in [0.25, 0.3) is 6.08 Å². The number of thiophene rings is 1. The molecule has 2 rings (SSSR count). The minimum absolute atomic E-state index is 0.303. The van der Waals surface area contributed by atoms with Gasteiger partial charge in [0.25, 0.3) is 5.91 Å². The third-order valence-electron chi connectivity index (χ3n) is 3.26. The number of anilines is 1. The summed E-state index contributed by atoms with van der Waals surface area (Å²) < 4.78 is 4.93. The van der Waals surface area contributed by atoms with Crippen LogP contribution in [0.15, 0.2) is 41.8 Å². The van der Waals surface area contributed by atoms with E-state index in [-0.39, 0.29) is 12.5 Å². The molecule has 0 saturated carbocycles. The van der Waals surface area contributed by atoms with Crippen LogP contribution in [-0.2, 0) is 20.7 Å². The van der Waals surface area contributed by atoms with Crippen molar-refractivity contribution in [1.82, 2.24) is 0 Å². The smallest absolute Gasteiger partial charge is 0.331 e. The Morgan fingerprint density at radius 3 is 2.57 bits per heavy atom. The Morgan fingerprint density at radius 1 is 1.22 bits per heavy atom. The molecular formula is C18H19NO3S. The quantitative estimate of drug-likeness (QED) is 0.647. The van der Waals surface area contributed by atoms with Crippen molar-refractivity contribution < 1.29 is 14.3 Å². The van der Waals surface area contributed by atoms with E-state index in [1.807, 2.05) is 42.6 Å². The number of aryl methyl sites for hydroxylation is 2. The first-order valence-electron chi connectivity index (χ1n) is 7.36. The van der Waals surface area contributed by atoms with Crippen molar-refractivity contribution in [2.24, 2.45) is 0 Å². The van der Waals surface area contributed by atoms with E-state index in [0.29, 0.717) is 5.69 Å². The summed E-state index contributed by atoms with van der Waals surface area (Å²) in [5, 5.41) is 4.65. The number of nitrogens with one attached hydrogen (secondary N) is 1. The fourth-order valence-electron chi connectivity index (χ4n) is 1.90. The van der Waals surface area contributed by atoms with E-state index in [1.165, 1.54) is 11.6 Å². The molecule has 0 atom stereocenters. The maximum Gasteiger partial charge on any atom is 0.331 e. The van der Waals surface area contributed by atoms with Crippen LogP contribution in [0.3, 0.4) is 0 Å². The number of carbonyl (C=O) groups excluding carboxylic acids is 2. The molecule has 0 aliphatic carbocycles. The predicted octanol–water partition coefficient (Wildman–Crippen LogP) is 3.81. The summed E-state index contributed by atoms with van der Waals surface area (Å²) >= 11 is 1.55. The van der Waals surface area contributed by atoms with E-state index in [0.717, 1.165) is 16.9 Å². The molecule has 120 valence electrons. The van der Waals surface area contributed by atoms with Gasteiger partial charge in [-0.3, -0.25) is 4.79 Å². The van der Waals surface area contributed by atoms with Crippen LogP contribution in [0, 0.1) is 6.92 Å². The van der Waals surface area contributed by atoms with E-state index in [4.69, 9.17) is 4.74 Å². The summed E-state index contributed by atoms with van der Waals surface area (Å²) in [6.45, 7) is 3.74. The summed E-state index contributed by atoms with van der Waals surface area (Å²) in [6.07, 6.45) is 3.98. The zero-order valence-electron chi connectivity index (χ0n) is 13.2. The maximum absolute atomic E-state index is 11.7. The maximum atomic E-state index is 11.7. The molecular weight excluding hydrogens is 310 g/mol. The number of amides is 1. The zero-order chi connectivity index (χ0) is 16.7. The lowest BCUT2D eigenvalue weighted by Gasteiger charge is -2.06. The Hall–Kier alpha value is -2.40. The minimum Gasteiger partial charge on any atom is -0.452 e. The first-order chi connectivity index (χ1) is 11.1. The van der Waals surface area contributed by atoms with Gasteiger partial charge >= 0.3 is 5.97 Å². The summed E-state index contributed by atoms with van der Waals surface area (Å²) in [5.41, 5.74) is 2.99. The molecule has 1 N–H and O–H groups in total. The van der Waals surface area contributed by atoms with Gasteiger partial charge in [-0.2, -0.15) is 0 Å². The Labute approximate surface area is 139 Å². The van der Waals surface area contributed by atoms with Crippen LogP contribution in [0.2, 0.25) is 0 Å². The lowest BCUT2D eigenvalue weighted by Crippen LogP contribution is -2.20. The molecule has 2 aromatic rings. The molecule has 0 aliphatic rings. The molecule has 4 nitrogen and oxygen atoms in total. The molecule has 5 heteroatoms. The minimum atomic E-state index is -0.533. The Morgan fingerprint density at radius 2 is 1.96 bits per heavy atom. The van der Waals surface area contributed by atoms with E-state index in [2.05, 4.69) is 12.2 Å². The first-order valence-corrected chi connectivity index (χ1v) is 8.24. The molecule has 23 heavy (non-hydrogen) atoms. The molecule has 0 unspecified atom stereocenters. The number of hydrogen-bond donors (Lipinski definition) is 1. The number of rotatable bonds is 6. The van der Waals surface area contributed by atoms with E-state index >= 15 is 0 Å². The van der Waals surface area contributed by atoms with Gasteiger partial charge in [0.05, 0.1) is 0 Å². The van der Waals surface area contributed by atoms with Gasteiger partial charge in [-0.25, -0.2) is 4.79 Å². The van der Waals surface area contributed by atoms with Crippen LogP contribution in [0.1, 0.15) is 22.9 Å². The third kappa shape index (κ3) is 5.38. The molecule has 0 fully saturated rings. The fraction of sp³-hybridized carbons (Fsp3) is 0.222. The highest BCUT2D eigenvalue weighted by Gasteiger charge is 2.06. The number of carbonyl (C=O) groups is 2. The summed E-state index contributed by atoms with van der Waals surface area (Å²) in [5.74, 6) is -0.891. The van der Waals surface area contributed by atoms with Gasteiger partial charge in [-0.1, -0.05) is 19.1 Å². The lowest BCUT2D eigenvalue weighted by atomic mass is 10.1. The highest BCUT2D eigenvalue weighted by atomic mass is 32.1. The topological polar surface area (TPSA) is 55.4 Å². The highest BCUT2D eigenvalue weighted by molar-refractivity contribution is 7.11. The van der Waals surface area contributed by atoms with Crippen molar-refractivity contribution in [2.45, 2.75) is 20.3 Å². The fourth-order valence-corrected chi connectivity index (χ4v) is 2.72. The third-order valence-corrected chi connectivity index (χ3v) is 4.25. The van der Waals surface area contributed by atoms with E-state index in [9.17, 15) is 9.59 Å². The van der Waals surface area contributed by atoms with E-state index in [1.54, 1.807) is 17.4 Å². The van der Waals surface area contributed by atoms with Crippen LogP contribution in [0.4, 0.5) is 5.69 Å². The molecule has 0 saturated heterocycles. The summed E-state index contributed by atoms with van der Waals surface area (Å²) in [6, 6.07) is 9.55. The summed E-state index contributed by atoms with van der Waals surface area (Å²) in [7, 11) is 0. The van der Waals surface area contributed by atoms with Crippen molar-refractivity contribution >= 4 is 35.0 Å². The van der Waals surface area contributed by atoms with Crippen LogP contribution in [0.5, 0.6) is 0 Å². The Balaban J connectivity index is 1.78. The van der Waals surface area contributed by atoms with Crippen molar-refractivity contribution in [3.8, 4) is 0 Å².